The van der Waals surface area contributed by atoms with Gasteiger partial charge in [-0.25, -0.2) is 0 Å². The SMILES string of the molecule is COC1(c2ccccc2)CCN(CC(F)(F)F)CC1. The summed E-state index contributed by atoms with van der Waals surface area (Å²) >= 11 is 0. The molecule has 106 valence electrons. The zero-order valence-corrected chi connectivity index (χ0v) is 10.9. The van der Waals surface area contributed by atoms with Gasteiger partial charge in [-0.15, -0.1) is 0 Å². The highest BCUT2D eigenvalue weighted by molar-refractivity contribution is 5.23. The molecule has 0 saturated carbocycles. The van der Waals surface area contributed by atoms with Crippen LogP contribution in [0.4, 0.5) is 13.2 Å². The van der Waals surface area contributed by atoms with Crippen molar-refractivity contribution in [3.8, 4) is 0 Å². The third-order valence-electron chi connectivity index (χ3n) is 3.76. The van der Waals surface area contributed by atoms with Gasteiger partial charge in [-0.1, -0.05) is 30.3 Å². The number of hydrogen-bond acceptors (Lipinski definition) is 2. The molecule has 1 aliphatic rings. The van der Waals surface area contributed by atoms with Crippen molar-refractivity contribution in [3.05, 3.63) is 35.9 Å². The lowest BCUT2D eigenvalue weighted by atomic mass is 9.84. The van der Waals surface area contributed by atoms with Crippen molar-refractivity contribution >= 4 is 0 Å². The summed E-state index contributed by atoms with van der Waals surface area (Å²) in [5.41, 5.74) is 0.604. The first-order chi connectivity index (χ1) is 8.95. The minimum absolute atomic E-state index is 0.405. The molecule has 1 aromatic rings. The highest BCUT2D eigenvalue weighted by Crippen LogP contribution is 2.36. The van der Waals surface area contributed by atoms with Crippen molar-refractivity contribution in [1.82, 2.24) is 4.90 Å². The summed E-state index contributed by atoms with van der Waals surface area (Å²) in [7, 11) is 1.63. The fraction of sp³-hybridized carbons (Fsp3) is 0.571. The fourth-order valence-electron chi connectivity index (χ4n) is 2.68. The van der Waals surface area contributed by atoms with Crippen LogP contribution in [0.2, 0.25) is 0 Å². The van der Waals surface area contributed by atoms with Crippen LogP contribution in [0.3, 0.4) is 0 Å². The second kappa shape index (κ2) is 5.51. The third kappa shape index (κ3) is 3.48. The van der Waals surface area contributed by atoms with E-state index in [-0.39, 0.29) is 0 Å². The van der Waals surface area contributed by atoms with Gasteiger partial charge in [0.1, 0.15) is 0 Å². The van der Waals surface area contributed by atoms with Crippen LogP contribution < -0.4 is 0 Å². The van der Waals surface area contributed by atoms with Crippen LogP contribution in [0.25, 0.3) is 0 Å². The molecule has 1 saturated heterocycles. The molecule has 1 heterocycles. The molecule has 0 unspecified atom stereocenters. The first kappa shape index (κ1) is 14.3. The predicted octanol–water partition coefficient (Wildman–Crippen LogP) is 3.19. The van der Waals surface area contributed by atoms with Crippen LogP contribution in [0.15, 0.2) is 30.3 Å². The van der Waals surface area contributed by atoms with E-state index in [1.807, 2.05) is 30.3 Å². The van der Waals surface area contributed by atoms with Gasteiger partial charge in [-0.3, -0.25) is 4.90 Å². The lowest BCUT2D eigenvalue weighted by Gasteiger charge is -2.41. The van der Waals surface area contributed by atoms with E-state index >= 15 is 0 Å². The number of ether oxygens (including phenoxy) is 1. The molecule has 0 bridgehead atoms. The fourth-order valence-corrected chi connectivity index (χ4v) is 2.68. The Balaban J connectivity index is 2.04. The van der Waals surface area contributed by atoms with E-state index in [9.17, 15) is 13.2 Å². The first-order valence-electron chi connectivity index (χ1n) is 6.35. The van der Waals surface area contributed by atoms with Crippen molar-refractivity contribution in [1.29, 1.82) is 0 Å². The van der Waals surface area contributed by atoms with Crippen molar-refractivity contribution in [3.63, 3.8) is 0 Å². The van der Waals surface area contributed by atoms with Crippen molar-refractivity contribution in [2.24, 2.45) is 0 Å². The van der Waals surface area contributed by atoms with E-state index in [0.29, 0.717) is 25.9 Å². The zero-order chi connectivity index (χ0) is 13.9. The zero-order valence-electron chi connectivity index (χ0n) is 10.9. The van der Waals surface area contributed by atoms with Crippen LogP contribution >= 0.6 is 0 Å². The predicted molar refractivity (Wildman–Crippen MR) is 66.9 cm³/mol. The largest absolute Gasteiger partial charge is 0.401 e. The number of likely N-dealkylation sites (tertiary alicyclic amines) is 1. The van der Waals surface area contributed by atoms with Gasteiger partial charge in [0.25, 0.3) is 0 Å². The summed E-state index contributed by atoms with van der Waals surface area (Å²) in [6, 6.07) is 9.73. The monoisotopic (exact) mass is 273 g/mol. The lowest BCUT2D eigenvalue weighted by molar-refractivity contribution is -0.157. The molecule has 1 aromatic carbocycles. The smallest absolute Gasteiger partial charge is 0.373 e. The summed E-state index contributed by atoms with van der Waals surface area (Å²) in [6.45, 7) is -0.0218. The Morgan fingerprint density at radius 1 is 1.16 bits per heavy atom. The number of rotatable bonds is 3. The molecule has 0 aliphatic carbocycles. The number of piperidine rings is 1. The number of methoxy groups -OCH3 is 1. The second-order valence-corrected chi connectivity index (χ2v) is 4.96. The molecule has 0 aromatic heterocycles. The van der Waals surface area contributed by atoms with Gasteiger partial charge >= 0.3 is 6.18 Å². The Kier molecular flexibility index (Phi) is 4.16. The van der Waals surface area contributed by atoms with Gasteiger partial charge in [0.05, 0.1) is 12.1 Å². The Labute approximate surface area is 111 Å². The summed E-state index contributed by atoms with van der Waals surface area (Å²) < 4.78 is 42.7. The van der Waals surface area contributed by atoms with E-state index < -0.39 is 18.3 Å². The minimum atomic E-state index is -4.13. The van der Waals surface area contributed by atoms with E-state index in [4.69, 9.17) is 4.74 Å². The standard InChI is InChI=1S/C14H18F3NO/c1-19-13(12-5-3-2-4-6-12)7-9-18(10-8-13)11-14(15,16)17/h2-6H,7-11H2,1H3. The van der Waals surface area contributed by atoms with Gasteiger partial charge in [-0.2, -0.15) is 13.2 Å². The molecule has 2 rings (SSSR count). The maximum absolute atomic E-state index is 12.4. The first-order valence-corrected chi connectivity index (χ1v) is 6.35. The van der Waals surface area contributed by atoms with Gasteiger partial charge in [-0.05, 0) is 18.4 Å². The molecule has 0 spiro atoms. The Morgan fingerprint density at radius 2 is 1.74 bits per heavy atom. The van der Waals surface area contributed by atoms with Crippen molar-refractivity contribution < 1.29 is 17.9 Å². The Hall–Kier alpha value is -1.07. The molecule has 19 heavy (non-hydrogen) atoms. The third-order valence-corrected chi connectivity index (χ3v) is 3.76. The maximum Gasteiger partial charge on any atom is 0.401 e. The van der Waals surface area contributed by atoms with E-state index in [0.717, 1.165) is 5.56 Å². The van der Waals surface area contributed by atoms with Crippen molar-refractivity contribution in [2.75, 3.05) is 26.7 Å². The van der Waals surface area contributed by atoms with Crippen LogP contribution in [0, 0.1) is 0 Å². The molecular weight excluding hydrogens is 255 g/mol. The maximum atomic E-state index is 12.4. The van der Waals surface area contributed by atoms with Crippen LogP contribution in [-0.2, 0) is 10.3 Å². The van der Waals surface area contributed by atoms with Gasteiger partial charge < -0.3 is 4.74 Å². The van der Waals surface area contributed by atoms with Gasteiger partial charge in [0.15, 0.2) is 0 Å². The number of benzene rings is 1. The molecule has 1 fully saturated rings. The Morgan fingerprint density at radius 3 is 2.21 bits per heavy atom. The van der Waals surface area contributed by atoms with Gasteiger partial charge in [0.2, 0.25) is 0 Å². The Bertz CT molecular complexity index is 397. The molecule has 0 atom stereocenters. The summed E-state index contributed by atoms with van der Waals surface area (Å²) in [5.74, 6) is 0. The van der Waals surface area contributed by atoms with Crippen molar-refractivity contribution in [2.45, 2.75) is 24.6 Å². The molecule has 0 N–H and O–H groups in total. The molecular formula is C14H18F3NO. The number of alkyl halides is 3. The quantitative estimate of drug-likeness (QED) is 0.838. The summed E-state index contributed by atoms with van der Waals surface area (Å²) in [5, 5.41) is 0. The highest BCUT2D eigenvalue weighted by Gasteiger charge is 2.39. The highest BCUT2D eigenvalue weighted by atomic mass is 19.4. The number of hydrogen-bond donors (Lipinski definition) is 0. The van der Waals surface area contributed by atoms with Crippen LogP contribution in [-0.4, -0.2) is 37.8 Å². The molecule has 0 radical (unpaired) electrons. The topological polar surface area (TPSA) is 12.5 Å². The molecule has 2 nitrogen and oxygen atoms in total. The average Bonchev–Trinajstić information content (AvgIpc) is 2.39. The summed E-state index contributed by atoms with van der Waals surface area (Å²) in [4.78, 5) is 1.44. The van der Waals surface area contributed by atoms with E-state index in [1.165, 1.54) is 4.90 Å². The molecule has 1 aliphatic heterocycles. The molecule has 5 heteroatoms. The van der Waals surface area contributed by atoms with E-state index in [2.05, 4.69) is 0 Å². The molecule has 0 amide bonds. The van der Waals surface area contributed by atoms with Crippen LogP contribution in [0.1, 0.15) is 18.4 Å². The minimum Gasteiger partial charge on any atom is -0.373 e. The van der Waals surface area contributed by atoms with Gasteiger partial charge in [0, 0.05) is 20.2 Å². The summed E-state index contributed by atoms with van der Waals surface area (Å²) in [6.07, 6.45) is -2.95. The van der Waals surface area contributed by atoms with E-state index in [1.54, 1.807) is 7.11 Å². The number of nitrogens with zero attached hydrogens (tertiary/aromatic N) is 1. The lowest BCUT2D eigenvalue weighted by Crippen LogP contribution is -2.46. The average molecular weight is 273 g/mol. The van der Waals surface area contributed by atoms with Crippen LogP contribution in [0.5, 0.6) is 0 Å². The second-order valence-electron chi connectivity index (χ2n) is 4.96. The normalized spacial score (nSPS) is 20.4. The number of halogens is 3.